The van der Waals surface area contributed by atoms with E-state index >= 15 is 0 Å². The van der Waals surface area contributed by atoms with Crippen LogP contribution in [0, 0.1) is 35.0 Å². The molecule has 8 fully saturated rings. The van der Waals surface area contributed by atoms with Gasteiger partial charge >= 0.3 is 0 Å². The van der Waals surface area contributed by atoms with Gasteiger partial charge in [0.25, 0.3) is 11.8 Å². The van der Waals surface area contributed by atoms with Crippen molar-refractivity contribution in [2.24, 2.45) is 35.0 Å². The highest BCUT2D eigenvalue weighted by Crippen LogP contribution is 2.63. The molecule has 4 aliphatic heterocycles. The number of hydrogen-bond acceptors (Lipinski definition) is 4. The summed E-state index contributed by atoms with van der Waals surface area (Å²) in [6.45, 7) is 7.56. The third-order valence-electron chi connectivity index (χ3n) is 9.90. The van der Waals surface area contributed by atoms with E-state index in [-0.39, 0.29) is 24.7 Å². The lowest BCUT2D eigenvalue weighted by Crippen LogP contribution is -2.19. The van der Waals surface area contributed by atoms with Crippen molar-refractivity contribution in [1.82, 2.24) is 21.3 Å². The van der Waals surface area contributed by atoms with Crippen LogP contribution in [0.3, 0.4) is 0 Å². The third-order valence-corrected chi connectivity index (χ3v) is 9.90. The van der Waals surface area contributed by atoms with Gasteiger partial charge in [0, 0.05) is 37.8 Å². The molecular weight excluding hydrogens is 475 g/mol. The highest BCUT2D eigenvalue weighted by atomic mass is 19.3. The van der Waals surface area contributed by atoms with Crippen molar-refractivity contribution >= 4 is 0 Å². The molecule has 0 aromatic rings. The molecule has 4 nitrogen and oxygen atoms in total. The third kappa shape index (κ3) is 6.55. The predicted octanol–water partition coefficient (Wildman–Crippen LogP) is 4.36. The molecule has 36 heavy (non-hydrogen) atoms. The van der Waals surface area contributed by atoms with Gasteiger partial charge in [-0.05, 0) is 108 Å². The minimum Gasteiger partial charge on any atom is -0.316 e. The van der Waals surface area contributed by atoms with Gasteiger partial charge in [-0.3, -0.25) is 0 Å². The van der Waals surface area contributed by atoms with Crippen LogP contribution in [0.2, 0.25) is 0 Å². The van der Waals surface area contributed by atoms with Gasteiger partial charge in [-0.1, -0.05) is 0 Å². The molecule has 4 saturated carbocycles. The predicted molar refractivity (Wildman–Crippen MR) is 131 cm³/mol. The molecule has 5 unspecified atom stereocenters. The summed E-state index contributed by atoms with van der Waals surface area (Å²) >= 11 is 0. The number of halogens is 5. The summed E-state index contributed by atoms with van der Waals surface area (Å²) in [5.41, 5.74) is -1.34. The van der Waals surface area contributed by atoms with Gasteiger partial charge in [0.1, 0.15) is 5.67 Å². The first-order valence-electron chi connectivity index (χ1n) is 14.4. The topological polar surface area (TPSA) is 48.1 Å². The van der Waals surface area contributed by atoms with Crippen molar-refractivity contribution in [2.75, 3.05) is 52.4 Å². The van der Waals surface area contributed by atoms with Gasteiger partial charge in [-0.2, -0.15) is 0 Å². The maximum atomic E-state index is 13.2. The van der Waals surface area contributed by atoms with Crippen molar-refractivity contribution in [3.63, 3.8) is 0 Å². The Kier molecular flexibility index (Phi) is 7.95. The maximum Gasteiger partial charge on any atom is 0.255 e. The molecule has 4 N–H and O–H groups in total. The number of rotatable bonds is 3. The Morgan fingerprint density at radius 1 is 0.583 bits per heavy atom. The summed E-state index contributed by atoms with van der Waals surface area (Å²) in [7, 11) is 0. The average molecular weight is 521 g/mol. The summed E-state index contributed by atoms with van der Waals surface area (Å²) in [4.78, 5) is 0. The Labute approximate surface area is 212 Å². The smallest absolute Gasteiger partial charge is 0.255 e. The van der Waals surface area contributed by atoms with E-state index < -0.39 is 22.9 Å². The van der Waals surface area contributed by atoms with E-state index in [1.165, 1.54) is 32.4 Å². The van der Waals surface area contributed by atoms with Crippen molar-refractivity contribution in [3.8, 4) is 0 Å². The Morgan fingerprint density at radius 3 is 1.53 bits per heavy atom. The Bertz CT molecular complexity index is 709. The van der Waals surface area contributed by atoms with E-state index in [1.807, 2.05) is 0 Å². The lowest BCUT2D eigenvalue weighted by molar-refractivity contribution is 0.0705. The van der Waals surface area contributed by atoms with E-state index in [1.54, 1.807) is 0 Å². The van der Waals surface area contributed by atoms with E-state index in [0.29, 0.717) is 18.9 Å². The highest BCUT2D eigenvalue weighted by molar-refractivity contribution is 5.13. The Hall–Kier alpha value is -0.510. The molecule has 4 saturated heterocycles. The van der Waals surface area contributed by atoms with Gasteiger partial charge in [0.05, 0.1) is 5.41 Å². The molecule has 4 aliphatic carbocycles. The van der Waals surface area contributed by atoms with Crippen LogP contribution >= 0.6 is 0 Å². The first-order chi connectivity index (χ1) is 17.1. The second-order valence-electron chi connectivity index (χ2n) is 12.7. The maximum absolute atomic E-state index is 13.2. The molecule has 0 amide bonds. The quantitative estimate of drug-likeness (QED) is 0.418. The molecule has 0 aromatic heterocycles. The van der Waals surface area contributed by atoms with E-state index in [9.17, 15) is 22.0 Å². The highest BCUT2D eigenvalue weighted by Gasteiger charge is 2.71. The van der Waals surface area contributed by atoms with Crippen molar-refractivity contribution in [3.05, 3.63) is 0 Å². The molecule has 1 spiro atoms. The standard InChI is InChI=1S/C7H11F2N.C7H12FN.C7H13N.C6H9F2N/c8-7(9)3-6(7)5-1-2-10-4-5;8-7(2-3-7)6-1-4-9-5-6;1-2-6(1)7-3-4-8-5-7;7-6(8)3-5(6)1-2-9-4-5/h5-6,10H,1-4H2;6,9H,1-5H2;6-8H,1-5H2;9H,1-4H2. The monoisotopic (exact) mass is 520 g/mol. The molecule has 9 heteroatoms. The molecule has 0 bridgehead atoms. The number of nitrogens with one attached hydrogen (secondary N) is 4. The molecule has 4 heterocycles. The molecule has 5 atom stereocenters. The fraction of sp³-hybridized carbons (Fsp3) is 1.00. The van der Waals surface area contributed by atoms with Crippen LogP contribution in [0.4, 0.5) is 22.0 Å². The van der Waals surface area contributed by atoms with Gasteiger partial charge in [0.2, 0.25) is 0 Å². The zero-order valence-corrected chi connectivity index (χ0v) is 21.5. The van der Waals surface area contributed by atoms with Gasteiger partial charge < -0.3 is 21.3 Å². The van der Waals surface area contributed by atoms with E-state index in [0.717, 1.165) is 70.2 Å². The van der Waals surface area contributed by atoms with Crippen LogP contribution in [-0.2, 0) is 0 Å². The Balaban J connectivity index is 0.0000000990. The molecule has 0 aromatic carbocycles. The van der Waals surface area contributed by atoms with Crippen LogP contribution in [0.25, 0.3) is 0 Å². The normalized spacial score (nSPS) is 41.9. The van der Waals surface area contributed by atoms with Crippen molar-refractivity contribution in [1.29, 1.82) is 0 Å². The first kappa shape index (κ1) is 27.1. The lowest BCUT2D eigenvalue weighted by Gasteiger charge is -2.10. The summed E-state index contributed by atoms with van der Waals surface area (Å²) < 4.78 is 62.9. The zero-order chi connectivity index (χ0) is 25.4. The van der Waals surface area contributed by atoms with Crippen LogP contribution in [0.5, 0.6) is 0 Å². The largest absolute Gasteiger partial charge is 0.316 e. The van der Waals surface area contributed by atoms with Crippen LogP contribution in [0.15, 0.2) is 0 Å². The minimum atomic E-state index is -2.34. The summed E-state index contributed by atoms with van der Waals surface area (Å²) in [5.74, 6) is -2.14. The fourth-order valence-electron chi connectivity index (χ4n) is 6.62. The summed E-state index contributed by atoms with van der Waals surface area (Å²) in [6, 6.07) is 0. The van der Waals surface area contributed by atoms with Crippen LogP contribution < -0.4 is 21.3 Å². The molecular formula is C27H45F5N4. The first-order valence-corrected chi connectivity index (χ1v) is 14.4. The number of alkyl halides is 5. The van der Waals surface area contributed by atoms with E-state index in [2.05, 4.69) is 21.3 Å². The zero-order valence-electron chi connectivity index (χ0n) is 21.5. The second kappa shape index (κ2) is 10.6. The summed E-state index contributed by atoms with van der Waals surface area (Å²) in [6.07, 6.45) is 9.05. The van der Waals surface area contributed by atoms with Gasteiger partial charge in [-0.25, -0.2) is 22.0 Å². The average Bonchev–Trinajstić information content (AvgIpc) is 3.74. The van der Waals surface area contributed by atoms with Crippen LogP contribution in [0.1, 0.15) is 64.2 Å². The molecule has 8 rings (SSSR count). The fourth-order valence-corrected chi connectivity index (χ4v) is 6.62. The minimum absolute atomic E-state index is 0.118. The van der Waals surface area contributed by atoms with Gasteiger partial charge in [-0.15, -0.1) is 0 Å². The number of hydrogen-bond donors (Lipinski definition) is 4. The van der Waals surface area contributed by atoms with Crippen LogP contribution in [-0.4, -0.2) is 69.9 Å². The summed E-state index contributed by atoms with van der Waals surface area (Å²) in [5, 5.41) is 12.6. The van der Waals surface area contributed by atoms with Crippen molar-refractivity contribution in [2.45, 2.75) is 81.7 Å². The van der Waals surface area contributed by atoms with Crippen molar-refractivity contribution < 1.29 is 22.0 Å². The molecule has 8 aliphatic rings. The lowest BCUT2D eigenvalue weighted by atomic mass is 10.0. The van der Waals surface area contributed by atoms with Gasteiger partial charge in [0.15, 0.2) is 0 Å². The molecule has 0 radical (unpaired) electrons. The molecule has 208 valence electrons. The van der Waals surface area contributed by atoms with E-state index in [4.69, 9.17) is 0 Å². The Morgan fingerprint density at radius 2 is 1.17 bits per heavy atom. The second-order valence-corrected chi connectivity index (χ2v) is 12.7. The SMILES string of the molecule is C1CC(C2CC2)CN1.FC1(C2CCNC2)CC1.FC1(F)CC12CCNC2.FC1(F)CC1C1CCNC1.